The number of hydrogen-bond acceptors (Lipinski definition) is 10. The lowest BCUT2D eigenvalue weighted by molar-refractivity contribution is -0.0415. The van der Waals surface area contributed by atoms with Crippen molar-refractivity contribution >= 4 is 50.5 Å². The molecule has 160 valence electrons. The van der Waals surface area contributed by atoms with Crippen molar-refractivity contribution in [2.75, 3.05) is 12.3 Å². The number of aliphatic hydroxyl groups is 1. The zero-order valence-electron chi connectivity index (χ0n) is 15.3. The minimum atomic E-state index is -4.16. The van der Waals surface area contributed by atoms with Crippen LogP contribution in [0, 0.1) is 0 Å². The summed E-state index contributed by atoms with van der Waals surface area (Å²) in [5.74, 6) is 0.239. The Hall–Kier alpha value is -2.00. The van der Waals surface area contributed by atoms with Crippen LogP contribution in [0.15, 0.2) is 40.5 Å². The van der Waals surface area contributed by atoms with Crippen molar-refractivity contribution in [3.8, 4) is 0 Å². The molecule has 3 heterocycles. The molecule has 0 unspecified atom stereocenters. The van der Waals surface area contributed by atoms with E-state index in [0.29, 0.717) is 21.1 Å². The van der Waals surface area contributed by atoms with Gasteiger partial charge < -0.3 is 15.6 Å². The summed E-state index contributed by atoms with van der Waals surface area (Å²) in [7, 11) is -4.16. The monoisotopic (exact) mass is 472 g/mol. The van der Waals surface area contributed by atoms with Crippen LogP contribution in [0.5, 0.6) is 0 Å². The summed E-state index contributed by atoms with van der Waals surface area (Å²) in [4.78, 5) is 9.14. The second kappa shape index (κ2) is 8.26. The molecule has 0 bridgehead atoms. The molecule has 1 aliphatic heterocycles. The molecule has 0 radical (unpaired) electrons. The second-order valence-corrected chi connectivity index (χ2v) is 9.20. The van der Waals surface area contributed by atoms with Gasteiger partial charge in [0.15, 0.2) is 11.9 Å². The topological polar surface area (TPSA) is 168 Å². The van der Waals surface area contributed by atoms with Crippen LogP contribution in [0.1, 0.15) is 12.6 Å². The van der Waals surface area contributed by atoms with E-state index >= 15 is 0 Å². The standard InChI is InChI=1S/C16H17ClN6O5S2/c17-8-2-1-3-9(4-8)29-16-13-14(18)20-7-21-15(13)23(22-16)12-5-10(24)11(28-12)6-27-30(19,25)26/h1-4,7,10-12,24H,5-6H2,(H2,18,20,21)(H2,19,25,26)/t10-,11-,12+/m0/s1. The lowest BCUT2D eigenvalue weighted by Gasteiger charge is -2.14. The summed E-state index contributed by atoms with van der Waals surface area (Å²) in [5.41, 5.74) is 6.48. The van der Waals surface area contributed by atoms with Gasteiger partial charge in [-0.1, -0.05) is 29.4 Å². The predicted molar refractivity (Wildman–Crippen MR) is 109 cm³/mol. The molecule has 1 aromatic carbocycles. The molecule has 0 spiro atoms. The van der Waals surface area contributed by atoms with Gasteiger partial charge in [-0.05, 0) is 18.2 Å². The number of rotatable bonds is 6. The van der Waals surface area contributed by atoms with Crippen LogP contribution in [0.4, 0.5) is 5.82 Å². The Labute approximate surface area is 180 Å². The molecular weight excluding hydrogens is 456 g/mol. The van der Waals surface area contributed by atoms with Crippen LogP contribution in [0.3, 0.4) is 0 Å². The number of halogens is 1. The van der Waals surface area contributed by atoms with E-state index in [0.717, 1.165) is 4.90 Å². The van der Waals surface area contributed by atoms with E-state index in [1.807, 2.05) is 12.1 Å². The van der Waals surface area contributed by atoms with Gasteiger partial charge in [0.05, 0.1) is 18.1 Å². The van der Waals surface area contributed by atoms with Gasteiger partial charge in [0, 0.05) is 16.3 Å². The molecule has 1 fully saturated rings. The van der Waals surface area contributed by atoms with Gasteiger partial charge in [-0.25, -0.2) is 19.8 Å². The van der Waals surface area contributed by atoms with Crippen LogP contribution in [0.25, 0.3) is 11.0 Å². The molecule has 3 atom stereocenters. The first-order chi connectivity index (χ1) is 14.2. The number of aliphatic hydroxyl groups excluding tert-OH is 1. The number of benzene rings is 1. The molecule has 1 saturated heterocycles. The summed E-state index contributed by atoms with van der Waals surface area (Å²) in [6.45, 7) is -0.420. The first-order valence-corrected chi connectivity index (χ1v) is 11.3. The molecule has 4 rings (SSSR count). The van der Waals surface area contributed by atoms with Gasteiger partial charge in [-0.15, -0.1) is 0 Å². The maximum absolute atomic E-state index is 11.0. The van der Waals surface area contributed by atoms with Crippen LogP contribution in [0.2, 0.25) is 5.02 Å². The maximum atomic E-state index is 11.0. The molecular formula is C16H17ClN6O5S2. The zero-order chi connectivity index (χ0) is 21.5. The highest BCUT2D eigenvalue weighted by Gasteiger charge is 2.38. The number of ether oxygens (including phenoxy) is 1. The maximum Gasteiger partial charge on any atom is 0.333 e. The normalized spacial score (nSPS) is 22.0. The van der Waals surface area contributed by atoms with Gasteiger partial charge in [-0.2, -0.15) is 13.5 Å². The highest BCUT2D eigenvalue weighted by Crippen LogP contribution is 2.38. The Balaban J connectivity index is 1.66. The number of aromatic nitrogens is 4. The van der Waals surface area contributed by atoms with Gasteiger partial charge in [0.25, 0.3) is 0 Å². The average Bonchev–Trinajstić information content (AvgIpc) is 3.21. The first-order valence-electron chi connectivity index (χ1n) is 8.64. The predicted octanol–water partition coefficient (Wildman–Crippen LogP) is 1.08. The van der Waals surface area contributed by atoms with E-state index in [1.54, 1.807) is 12.1 Å². The third-order valence-corrected chi connectivity index (χ3v) is 6.04. The van der Waals surface area contributed by atoms with Crippen molar-refractivity contribution in [3.63, 3.8) is 0 Å². The highest BCUT2D eigenvalue weighted by molar-refractivity contribution is 7.99. The average molecular weight is 473 g/mol. The summed E-state index contributed by atoms with van der Waals surface area (Å²) < 4.78 is 33.8. The van der Waals surface area contributed by atoms with Crippen LogP contribution < -0.4 is 10.9 Å². The zero-order valence-corrected chi connectivity index (χ0v) is 17.6. The lowest BCUT2D eigenvalue weighted by atomic mass is 10.2. The molecule has 14 heteroatoms. The summed E-state index contributed by atoms with van der Waals surface area (Å²) in [6.07, 6.45) is -1.17. The fourth-order valence-electron chi connectivity index (χ4n) is 3.05. The Morgan fingerprint density at radius 3 is 2.93 bits per heavy atom. The van der Waals surface area contributed by atoms with Crippen molar-refractivity contribution in [1.29, 1.82) is 0 Å². The third-order valence-electron chi connectivity index (χ3n) is 4.37. The molecule has 30 heavy (non-hydrogen) atoms. The minimum absolute atomic E-state index is 0.139. The molecule has 3 aromatic rings. The fourth-order valence-corrected chi connectivity index (χ4v) is 4.62. The molecule has 11 nitrogen and oxygen atoms in total. The van der Waals surface area contributed by atoms with E-state index in [4.69, 9.17) is 27.2 Å². The molecule has 5 N–H and O–H groups in total. The molecule has 2 aromatic heterocycles. The quantitative estimate of drug-likeness (QED) is 0.471. The SMILES string of the molecule is Nc1ncnc2c1c(Sc1cccc(Cl)c1)nn2[C@H]1C[C@H](O)[C@H](COS(N)(=O)=O)O1. The van der Waals surface area contributed by atoms with E-state index < -0.39 is 35.3 Å². The Morgan fingerprint density at radius 1 is 1.40 bits per heavy atom. The van der Waals surface area contributed by atoms with Crippen molar-refractivity contribution < 1.29 is 22.4 Å². The molecule has 0 amide bonds. The summed E-state index contributed by atoms with van der Waals surface area (Å²) in [5, 5.41) is 21.3. The van der Waals surface area contributed by atoms with Gasteiger partial charge >= 0.3 is 10.3 Å². The van der Waals surface area contributed by atoms with Crippen molar-refractivity contribution in [2.45, 2.75) is 34.8 Å². The van der Waals surface area contributed by atoms with E-state index in [1.165, 1.54) is 22.8 Å². The Bertz CT molecular complexity index is 1190. The second-order valence-electron chi connectivity index (χ2n) is 6.48. The van der Waals surface area contributed by atoms with Gasteiger partial charge in [0.2, 0.25) is 0 Å². The smallest absolute Gasteiger partial charge is 0.333 e. The first kappa shape index (κ1) is 21.2. The lowest BCUT2D eigenvalue weighted by Crippen LogP contribution is -2.30. The van der Waals surface area contributed by atoms with Gasteiger partial charge in [0.1, 0.15) is 23.3 Å². The number of nitrogens with two attached hydrogens (primary N) is 2. The van der Waals surface area contributed by atoms with E-state index in [9.17, 15) is 13.5 Å². The number of nitrogen functional groups attached to an aromatic ring is 1. The highest BCUT2D eigenvalue weighted by atomic mass is 35.5. The van der Waals surface area contributed by atoms with Gasteiger partial charge in [-0.3, -0.25) is 4.18 Å². The fraction of sp³-hybridized carbons (Fsp3) is 0.312. The Morgan fingerprint density at radius 2 is 2.20 bits per heavy atom. The largest absolute Gasteiger partial charge is 0.390 e. The van der Waals surface area contributed by atoms with Crippen LogP contribution >= 0.6 is 23.4 Å². The van der Waals surface area contributed by atoms with Crippen molar-refractivity contribution in [3.05, 3.63) is 35.6 Å². The van der Waals surface area contributed by atoms with Crippen molar-refractivity contribution in [2.24, 2.45) is 5.14 Å². The summed E-state index contributed by atoms with van der Waals surface area (Å²) >= 11 is 7.39. The van der Waals surface area contributed by atoms with Crippen LogP contribution in [-0.4, -0.2) is 52.1 Å². The number of hydrogen-bond donors (Lipinski definition) is 3. The third kappa shape index (κ3) is 4.51. The number of fused-ring (bicyclic) bond motifs is 1. The van der Waals surface area contributed by atoms with E-state index in [2.05, 4.69) is 19.2 Å². The minimum Gasteiger partial charge on any atom is -0.390 e. The van der Waals surface area contributed by atoms with E-state index in [-0.39, 0.29) is 12.2 Å². The number of nitrogens with zero attached hydrogens (tertiary/aromatic N) is 4. The Kier molecular flexibility index (Phi) is 5.85. The molecule has 0 saturated carbocycles. The molecule has 1 aliphatic rings. The summed E-state index contributed by atoms with van der Waals surface area (Å²) in [6, 6.07) is 7.24. The number of anilines is 1. The van der Waals surface area contributed by atoms with Crippen molar-refractivity contribution in [1.82, 2.24) is 19.7 Å². The molecule has 0 aliphatic carbocycles. The van der Waals surface area contributed by atoms with Crippen LogP contribution in [-0.2, 0) is 19.2 Å².